The fourth-order valence-corrected chi connectivity index (χ4v) is 4.90. The van der Waals surface area contributed by atoms with Crippen molar-refractivity contribution in [1.29, 1.82) is 0 Å². The van der Waals surface area contributed by atoms with Gasteiger partial charge in [0.25, 0.3) is 11.8 Å². The van der Waals surface area contributed by atoms with Crippen molar-refractivity contribution < 1.29 is 19.2 Å². The molecule has 166 valence electrons. The van der Waals surface area contributed by atoms with Gasteiger partial charge in [0.2, 0.25) is 11.8 Å². The lowest BCUT2D eigenvalue weighted by Gasteiger charge is -2.27. The van der Waals surface area contributed by atoms with E-state index in [4.69, 9.17) is 5.73 Å². The fraction of sp³-hybridized carbons (Fsp3) is 0.409. The first-order chi connectivity index (χ1) is 15.3. The summed E-state index contributed by atoms with van der Waals surface area (Å²) in [4.78, 5) is 52.7. The predicted octanol–water partition coefficient (Wildman–Crippen LogP) is -0.252. The van der Waals surface area contributed by atoms with Crippen LogP contribution < -0.4 is 11.1 Å². The normalized spacial score (nSPS) is 26.1. The van der Waals surface area contributed by atoms with Gasteiger partial charge in [-0.05, 0) is 29.7 Å². The van der Waals surface area contributed by atoms with Crippen LogP contribution in [0.4, 0.5) is 0 Å². The van der Waals surface area contributed by atoms with E-state index in [0.717, 1.165) is 22.6 Å². The molecule has 0 aliphatic carbocycles. The average Bonchev–Trinajstić information content (AvgIpc) is 3.40. The summed E-state index contributed by atoms with van der Waals surface area (Å²) in [6.45, 7) is 2.09. The fourth-order valence-electron chi connectivity index (χ4n) is 4.90. The van der Waals surface area contributed by atoms with Crippen LogP contribution in [0.15, 0.2) is 30.6 Å². The molecule has 4 amide bonds. The molecule has 0 spiro atoms. The molecule has 2 fully saturated rings. The summed E-state index contributed by atoms with van der Waals surface area (Å²) in [6, 6.07) is 4.23. The third kappa shape index (κ3) is 3.41. The van der Waals surface area contributed by atoms with E-state index in [-0.39, 0.29) is 30.4 Å². The quantitative estimate of drug-likeness (QED) is 0.632. The maximum absolute atomic E-state index is 13.0. The number of carbonyl (C=O) groups is 4. The molecule has 1 unspecified atom stereocenters. The number of nitrogens with zero attached hydrogens (tertiary/aromatic N) is 4. The number of hydrogen-bond acceptors (Lipinski definition) is 7. The minimum absolute atomic E-state index is 0.0140. The Morgan fingerprint density at radius 2 is 1.91 bits per heavy atom. The number of imide groups is 2. The number of benzene rings is 1. The minimum Gasteiger partial charge on any atom is -0.326 e. The van der Waals surface area contributed by atoms with Gasteiger partial charge in [-0.15, -0.1) is 0 Å². The molecule has 1 aromatic heterocycles. The largest absolute Gasteiger partial charge is 0.326 e. The van der Waals surface area contributed by atoms with Gasteiger partial charge in [-0.1, -0.05) is 6.07 Å². The van der Waals surface area contributed by atoms with Gasteiger partial charge in [0, 0.05) is 51.3 Å². The van der Waals surface area contributed by atoms with Crippen LogP contribution in [0.1, 0.15) is 50.6 Å². The van der Waals surface area contributed by atoms with Crippen LogP contribution in [0.3, 0.4) is 0 Å². The van der Waals surface area contributed by atoms with Crippen LogP contribution in [0.2, 0.25) is 0 Å². The number of fused-ring (bicyclic) bond motifs is 1. The smallest absolute Gasteiger partial charge is 0.262 e. The second kappa shape index (κ2) is 7.64. The van der Waals surface area contributed by atoms with Gasteiger partial charge in [-0.2, -0.15) is 5.10 Å². The molecule has 10 nitrogen and oxygen atoms in total. The third-order valence-electron chi connectivity index (χ3n) is 6.50. The van der Waals surface area contributed by atoms with Gasteiger partial charge in [0.05, 0.1) is 17.3 Å². The molecule has 3 aliphatic rings. The lowest BCUT2D eigenvalue weighted by atomic mass is 9.98. The first kappa shape index (κ1) is 20.5. The van der Waals surface area contributed by atoms with Crippen molar-refractivity contribution in [3.05, 3.63) is 52.8 Å². The molecular formula is C22H24N6O4. The Hall–Kier alpha value is -3.37. The SMILES string of the molecule is Cn1cc([C@@H]2CN(Cc3ccc4c(c3)C(=O)N(C3CCC(=O)NC3=O)C4=O)C[C@H]2N)cn1. The lowest BCUT2D eigenvalue weighted by Crippen LogP contribution is -2.54. The van der Waals surface area contributed by atoms with E-state index in [0.29, 0.717) is 18.7 Å². The summed E-state index contributed by atoms with van der Waals surface area (Å²) < 4.78 is 1.77. The van der Waals surface area contributed by atoms with Crippen molar-refractivity contribution in [1.82, 2.24) is 24.9 Å². The highest BCUT2D eigenvalue weighted by atomic mass is 16.2. The number of likely N-dealkylation sites (tertiary alicyclic amines) is 1. The third-order valence-corrected chi connectivity index (χ3v) is 6.50. The van der Waals surface area contributed by atoms with E-state index in [1.54, 1.807) is 16.8 Å². The lowest BCUT2D eigenvalue weighted by molar-refractivity contribution is -0.136. The number of aryl methyl sites for hydroxylation is 1. The Balaban J connectivity index is 1.32. The molecule has 3 N–H and O–H groups in total. The number of amides is 4. The van der Waals surface area contributed by atoms with E-state index < -0.39 is 29.7 Å². The molecule has 1 aromatic carbocycles. The van der Waals surface area contributed by atoms with Gasteiger partial charge < -0.3 is 5.73 Å². The molecule has 3 aliphatic heterocycles. The zero-order valence-corrected chi connectivity index (χ0v) is 17.7. The van der Waals surface area contributed by atoms with Crippen molar-refractivity contribution >= 4 is 23.6 Å². The van der Waals surface area contributed by atoms with Crippen molar-refractivity contribution in [2.45, 2.75) is 37.4 Å². The van der Waals surface area contributed by atoms with Crippen LogP contribution in [0, 0.1) is 0 Å². The number of piperidine rings is 1. The molecule has 32 heavy (non-hydrogen) atoms. The molecule has 2 saturated heterocycles. The second-order valence-electron chi connectivity index (χ2n) is 8.74. The van der Waals surface area contributed by atoms with Crippen LogP contribution >= 0.6 is 0 Å². The van der Waals surface area contributed by atoms with E-state index in [1.807, 2.05) is 25.5 Å². The van der Waals surface area contributed by atoms with Gasteiger partial charge in [0.15, 0.2) is 0 Å². The topological polar surface area (TPSA) is 131 Å². The van der Waals surface area contributed by atoms with Crippen LogP contribution in [-0.2, 0) is 23.2 Å². The number of carbonyl (C=O) groups excluding carboxylic acids is 4. The molecule has 0 saturated carbocycles. The molecule has 10 heteroatoms. The maximum atomic E-state index is 13.0. The highest BCUT2D eigenvalue weighted by Crippen LogP contribution is 2.30. The molecule has 2 aromatic rings. The highest BCUT2D eigenvalue weighted by Gasteiger charge is 2.44. The van der Waals surface area contributed by atoms with Crippen LogP contribution in [0.25, 0.3) is 0 Å². The van der Waals surface area contributed by atoms with E-state index in [9.17, 15) is 19.2 Å². The maximum Gasteiger partial charge on any atom is 0.262 e. The van der Waals surface area contributed by atoms with E-state index in [2.05, 4.69) is 15.3 Å². The number of rotatable bonds is 4. The summed E-state index contributed by atoms with van der Waals surface area (Å²) in [6.07, 6.45) is 4.07. The summed E-state index contributed by atoms with van der Waals surface area (Å²) in [5.74, 6) is -1.80. The molecule has 4 heterocycles. The van der Waals surface area contributed by atoms with Crippen molar-refractivity contribution in [3.63, 3.8) is 0 Å². The first-order valence-corrected chi connectivity index (χ1v) is 10.6. The van der Waals surface area contributed by atoms with Gasteiger partial charge in [0.1, 0.15) is 6.04 Å². The summed E-state index contributed by atoms with van der Waals surface area (Å²) in [5, 5.41) is 6.44. The second-order valence-corrected chi connectivity index (χ2v) is 8.74. The average molecular weight is 436 g/mol. The summed E-state index contributed by atoms with van der Waals surface area (Å²) in [5.41, 5.74) is 8.96. The zero-order chi connectivity index (χ0) is 22.6. The predicted molar refractivity (Wildman–Crippen MR) is 112 cm³/mol. The zero-order valence-electron chi connectivity index (χ0n) is 17.7. The first-order valence-electron chi connectivity index (χ1n) is 10.6. The van der Waals surface area contributed by atoms with Crippen molar-refractivity contribution in [3.8, 4) is 0 Å². The number of aromatic nitrogens is 2. The number of hydrogen-bond donors (Lipinski definition) is 2. The standard InChI is InChI=1S/C22H24N6O4/c1-26-9-13(7-24-26)16-10-27(11-17(16)23)8-12-2-3-14-15(6-12)22(32)28(21(14)31)18-4-5-19(29)25-20(18)30/h2-3,6-7,9,16-18H,4-5,8,10-11,23H2,1H3,(H,25,29,30)/t16-,17+,18?/m0/s1. The van der Waals surface area contributed by atoms with Crippen molar-refractivity contribution in [2.24, 2.45) is 12.8 Å². The minimum atomic E-state index is -0.958. The Labute approximate surface area is 184 Å². The molecule has 0 bridgehead atoms. The number of nitrogens with two attached hydrogens (primary N) is 1. The van der Waals surface area contributed by atoms with Gasteiger partial charge in [-0.25, -0.2) is 0 Å². The summed E-state index contributed by atoms with van der Waals surface area (Å²) >= 11 is 0. The van der Waals surface area contributed by atoms with Crippen LogP contribution in [0.5, 0.6) is 0 Å². The van der Waals surface area contributed by atoms with Gasteiger partial charge in [-0.3, -0.25) is 39.0 Å². The Morgan fingerprint density at radius 1 is 1.12 bits per heavy atom. The number of nitrogens with one attached hydrogen (secondary N) is 1. The molecule has 5 rings (SSSR count). The van der Waals surface area contributed by atoms with Gasteiger partial charge >= 0.3 is 0 Å². The monoisotopic (exact) mass is 436 g/mol. The Kier molecular flexibility index (Phi) is 4.90. The molecule has 3 atom stereocenters. The Morgan fingerprint density at radius 3 is 2.62 bits per heavy atom. The molecule has 0 radical (unpaired) electrons. The highest BCUT2D eigenvalue weighted by molar-refractivity contribution is 6.23. The molecular weight excluding hydrogens is 412 g/mol. The van der Waals surface area contributed by atoms with Crippen LogP contribution in [-0.4, -0.2) is 68.4 Å². The Bertz CT molecular complexity index is 1140. The van der Waals surface area contributed by atoms with Crippen molar-refractivity contribution in [2.75, 3.05) is 13.1 Å². The summed E-state index contributed by atoms with van der Waals surface area (Å²) in [7, 11) is 1.88. The van der Waals surface area contributed by atoms with E-state index in [1.165, 1.54) is 0 Å². The van der Waals surface area contributed by atoms with E-state index >= 15 is 0 Å².